The summed E-state index contributed by atoms with van der Waals surface area (Å²) in [4.78, 5) is 11.8. The number of allylic oxidation sites excluding steroid dienone is 1. The number of carbonyl (C=O) groups excluding carboxylic acids is 1. The Labute approximate surface area is 139 Å². The molecule has 4 aliphatic rings. The molecule has 128 valence electrons. The van der Waals surface area contributed by atoms with Crippen LogP contribution in [0.25, 0.3) is 0 Å². The van der Waals surface area contributed by atoms with Crippen molar-refractivity contribution in [2.45, 2.75) is 71.0 Å². The van der Waals surface area contributed by atoms with E-state index in [0.717, 1.165) is 25.7 Å². The fraction of sp³-hybridized carbons (Fsp3) is 0.850. The first-order valence-corrected chi connectivity index (χ1v) is 9.38. The van der Waals surface area contributed by atoms with Crippen molar-refractivity contribution in [2.75, 3.05) is 0 Å². The second-order valence-electron chi connectivity index (χ2n) is 9.27. The van der Waals surface area contributed by atoms with E-state index in [0.29, 0.717) is 36.5 Å². The van der Waals surface area contributed by atoms with Crippen LogP contribution in [0, 0.1) is 35.0 Å². The molecule has 3 nitrogen and oxygen atoms in total. The molecule has 0 spiro atoms. The van der Waals surface area contributed by atoms with Crippen molar-refractivity contribution in [1.82, 2.24) is 0 Å². The zero-order chi connectivity index (χ0) is 16.6. The molecule has 3 fully saturated rings. The molecule has 0 aliphatic heterocycles. The van der Waals surface area contributed by atoms with E-state index in [-0.39, 0.29) is 23.2 Å². The molecule has 0 radical (unpaired) electrons. The largest absolute Gasteiger partial charge is 0.393 e. The van der Waals surface area contributed by atoms with Crippen LogP contribution in [0.2, 0.25) is 0 Å². The van der Waals surface area contributed by atoms with E-state index in [1.807, 2.05) is 13.0 Å². The van der Waals surface area contributed by atoms with Crippen molar-refractivity contribution in [1.29, 1.82) is 0 Å². The van der Waals surface area contributed by atoms with E-state index in [4.69, 9.17) is 0 Å². The Bertz CT molecular complexity index is 563. The van der Waals surface area contributed by atoms with Crippen LogP contribution < -0.4 is 0 Å². The maximum atomic E-state index is 11.8. The van der Waals surface area contributed by atoms with Crippen LogP contribution in [-0.2, 0) is 4.79 Å². The average Bonchev–Trinajstić information content (AvgIpc) is 2.68. The van der Waals surface area contributed by atoms with E-state index in [2.05, 4.69) is 13.8 Å². The highest BCUT2D eigenvalue weighted by Crippen LogP contribution is 2.65. The third-order valence-electron chi connectivity index (χ3n) is 8.18. The second-order valence-corrected chi connectivity index (χ2v) is 9.27. The summed E-state index contributed by atoms with van der Waals surface area (Å²) in [6, 6.07) is 0. The van der Waals surface area contributed by atoms with Crippen LogP contribution in [0.1, 0.15) is 59.3 Å². The Hall–Kier alpha value is -0.670. The molecule has 0 aromatic rings. The molecule has 2 N–H and O–H groups in total. The van der Waals surface area contributed by atoms with Gasteiger partial charge in [0.15, 0.2) is 5.78 Å². The number of hydrogen-bond donors (Lipinski definition) is 2. The first-order chi connectivity index (χ1) is 10.7. The Balaban J connectivity index is 1.74. The predicted molar refractivity (Wildman–Crippen MR) is 88.7 cm³/mol. The standard InChI is InChI=1S/C20H30O3/c1-11-8-12-9-13(21)4-5-14(12)18-16(22)10-19(2)15(17(11)18)6-7-20(19,3)23/h9,11,14-18,22-23H,4-8,10H2,1-3H3/t11-,14+,15+,16+,17+,18+,19+,20+/m1/s1. The number of aliphatic hydroxyl groups is 2. The van der Waals surface area contributed by atoms with Crippen molar-refractivity contribution < 1.29 is 15.0 Å². The molecular formula is C20H30O3. The highest BCUT2D eigenvalue weighted by Gasteiger charge is 2.64. The first-order valence-electron chi connectivity index (χ1n) is 9.38. The quantitative estimate of drug-likeness (QED) is 0.721. The molecule has 0 aromatic heterocycles. The van der Waals surface area contributed by atoms with Gasteiger partial charge in [0.25, 0.3) is 0 Å². The van der Waals surface area contributed by atoms with Gasteiger partial charge in [-0.15, -0.1) is 0 Å². The van der Waals surface area contributed by atoms with Gasteiger partial charge in [-0.3, -0.25) is 4.79 Å². The SMILES string of the molecule is C[C@@H]1CC2=CC(=O)CC[C@@H]2[C@@H]2[C@@H]1[C@@H]1CC[C@](C)(O)[C@@]1(C)C[C@@H]2O. The molecule has 0 bridgehead atoms. The summed E-state index contributed by atoms with van der Waals surface area (Å²) < 4.78 is 0. The Kier molecular flexibility index (Phi) is 3.39. The summed E-state index contributed by atoms with van der Waals surface area (Å²) in [5.41, 5.74) is 0.456. The maximum absolute atomic E-state index is 11.8. The van der Waals surface area contributed by atoms with E-state index in [1.165, 1.54) is 5.57 Å². The minimum absolute atomic E-state index is 0.173. The maximum Gasteiger partial charge on any atom is 0.155 e. The summed E-state index contributed by atoms with van der Waals surface area (Å²) in [6.45, 7) is 6.46. The lowest BCUT2D eigenvalue weighted by Crippen LogP contribution is -2.58. The fourth-order valence-electron chi connectivity index (χ4n) is 6.86. The van der Waals surface area contributed by atoms with Gasteiger partial charge >= 0.3 is 0 Å². The fourth-order valence-corrected chi connectivity index (χ4v) is 6.86. The van der Waals surface area contributed by atoms with Crippen molar-refractivity contribution in [2.24, 2.45) is 35.0 Å². The van der Waals surface area contributed by atoms with Crippen LogP contribution in [0.5, 0.6) is 0 Å². The molecule has 0 aromatic carbocycles. The van der Waals surface area contributed by atoms with Gasteiger partial charge in [0.1, 0.15) is 0 Å². The molecular weight excluding hydrogens is 288 g/mol. The van der Waals surface area contributed by atoms with Gasteiger partial charge in [-0.05, 0) is 74.7 Å². The summed E-state index contributed by atoms with van der Waals surface area (Å²) in [5.74, 6) is 2.40. The molecule has 4 rings (SSSR count). The van der Waals surface area contributed by atoms with Gasteiger partial charge in [-0.1, -0.05) is 19.4 Å². The summed E-state index contributed by atoms with van der Waals surface area (Å²) in [6.07, 6.45) is 6.71. The van der Waals surface area contributed by atoms with Gasteiger partial charge in [-0.2, -0.15) is 0 Å². The monoisotopic (exact) mass is 318 g/mol. The van der Waals surface area contributed by atoms with E-state index < -0.39 is 5.60 Å². The lowest BCUT2D eigenvalue weighted by Gasteiger charge is -2.58. The number of carbonyl (C=O) groups is 1. The molecule has 8 atom stereocenters. The van der Waals surface area contributed by atoms with E-state index >= 15 is 0 Å². The first kappa shape index (κ1) is 15.8. The molecule has 3 heteroatoms. The van der Waals surface area contributed by atoms with Crippen molar-refractivity contribution >= 4 is 5.78 Å². The summed E-state index contributed by atoms with van der Waals surface area (Å²) >= 11 is 0. The summed E-state index contributed by atoms with van der Waals surface area (Å²) in [7, 11) is 0. The van der Waals surface area contributed by atoms with Crippen molar-refractivity contribution in [3.05, 3.63) is 11.6 Å². The second kappa shape index (κ2) is 4.92. The molecule has 23 heavy (non-hydrogen) atoms. The highest BCUT2D eigenvalue weighted by molar-refractivity contribution is 5.91. The average molecular weight is 318 g/mol. The van der Waals surface area contributed by atoms with E-state index in [9.17, 15) is 15.0 Å². The van der Waals surface area contributed by atoms with Crippen LogP contribution in [-0.4, -0.2) is 27.7 Å². The minimum atomic E-state index is -0.665. The Morgan fingerprint density at radius 3 is 2.70 bits per heavy atom. The van der Waals surface area contributed by atoms with E-state index in [1.54, 1.807) is 0 Å². The van der Waals surface area contributed by atoms with Crippen molar-refractivity contribution in [3.63, 3.8) is 0 Å². The highest BCUT2D eigenvalue weighted by atomic mass is 16.3. The van der Waals surface area contributed by atoms with Gasteiger partial charge in [0.2, 0.25) is 0 Å². The number of fused-ring (bicyclic) bond motifs is 5. The predicted octanol–water partition coefficient (Wildman–Crippen LogP) is 3.10. The minimum Gasteiger partial charge on any atom is -0.393 e. The van der Waals surface area contributed by atoms with Gasteiger partial charge in [0.05, 0.1) is 11.7 Å². The topological polar surface area (TPSA) is 57.5 Å². The van der Waals surface area contributed by atoms with Crippen LogP contribution in [0.3, 0.4) is 0 Å². The molecule has 0 heterocycles. The molecule has 0 saturated heterocycles. The number of aliphatic hydroxyl groups excluding tert-OH is 1. The Morgan fingerprint density at radius 1 is 1.22 bits per heavy atom. The number of hydrogen-bond acceptors (Lipinski definition) is 3. The van der Waals surface area contributed by atoms with Gasteiger partial charge in [-0.25, -0.2) is 0 Å². The zero-order valence-corrected chi connectivity index (χ0v) is 14.6. The van der Waals surface area contributed by atoms with Gasteiger partial charge < -0.3 is 10.2 Å². The molecule has 4 aliphatic carbocycles. The third-order valence-corrected chi connectivity index (χ3v) is 8.18. The van der Waals surface area contributed by atoms with Gasteiger partial charge in [0, 0.05) is 11.8 Å². The van der Waals surface area contributed by atoms with Crippen molar-refractivity contribution in [3.8, 4) is 0 Å². The molecule has 0 amide bonds. The Morgan fingerprint density at radius 2 is 1.96 bits per heavy atom. The summed E-state index contributed by atoms with van der Waals surface area (Å²) in [5, 5.41) is 22.0. The smallest absolute Gasteiger partial charge is 0.155 e. The number of ketones is 1. The number of rotatable bonds is 0. The molecule has 3 saturated carbocycles. The lowest BCUT2D eigenvalue weighted by atomic mass is 9.47. The normalized spacial score (nSPS) is 55.7. The molecule has 0 unspecified atom stereocenters. The van der Waals surface area contributed by atoms with Crippen LogP contribution in [0.4, 0.5) is 0 Å². The third kappa shape index (κ3) is 2.05. The zero-order valence-electron chi connectivity index (χ0n) is 14.6. The van der Waals surface area contributed by atoms with Crippen LogP contribution >= 0.6 is 0 Å². The lowest BCUT2D eigenvalue weighted by molar-refractivity contribution is -0.161. The van der Waals surface area contributed by atoms with Crippen LogP contribution in [0.15, 0.2) is 11.6 Å².